The summed E-state index contributed by atoms with van der Waals surface area (Å²) in [4.78, 5) is 4.36. The first-order valence-corrected chi connectivity index (χ1v) is 6.83. The maximum atomic E-state index is 13.2. The molecule has 21 heavy (non-hydrogen) atoms. The van der Waals surface area contributed by atoms with Gasteiger partial charge in [-0.05, 0) is 30.5 Å². The van der Waals surface area contributed by atoms with Crippen molar-refractivity contribution in [2.75, 3.05) is 12.3 Å². The van der Waals surface area contributed by atoms with Crippen molar-refractivity contribution in [3.63, 3.8) is 0 Å². The largest absolute Gasteiger partial charge is 0.396 e. The fraction of sp³-hybridized carbons (Fsp3) is 0.467. The molecule has 0 aliphatic heterocycles. The molecular formula is C15H20FN3O2. The summed E-state index contributed by atoms with van der Waals surface area (Å²) >= 11 is 0. The third kappa shape index (κ3) is 3.39. The molecule has 0 spiro atoms. The molecule has 0 fully saturated rings. The second-order valence-electron chi connectivity index (χ2n) is 5.90. The highest BCUT2D eigenvalue weighted by Gasteiger charge is 2.31. The SMILES string of the molecule is CCOC(c1noc(-c2ccc(F)c(N)c2)n1)C(C)(C)C. The molecule has 0 bridgehead atoms. The van der Waals surface area contributed by atoms with E-state index in [1.807, 2.05) is 27.7 Å². The normalized spacial score (nSPS) is 13.4. The molecule has 6 heteroatoms. The van der Waals surface area contributed by atoms with E-state index in [2.05, 4.69) is 10.1 Å². The quantitative estimate of drug-likeness (QED) is 0.872. The predicted octanol–water partition coefficient (Wildman–Crippen LogP) is 3.58. The Hall–Kier alpha value is -1.95. The van der Waals surface area contributed by atoms with E-state index in [1.165, 1.54) is 12.1 Å². The van der Waals surface area contributed by atoms with Gasteiger partial charge in [0.1, 0.15) is 11.9 Å². The van der Waals surface area contributed by atoms with Crippen LogP contribution in [0.4, 0.5) is 10.1 Å². The van der Waals surface area contributed by atoms with Crippen molar-refractivity contribution >= 4 is 5.69 Å². The molecule has 5 nitrogen and oxygen atoms in total. The summed E-state index contributed by atoms with van der Waals surface area (Å²) in [5, 5.41) is 3.98. The highest BCUT2D eigenvalue weighted by atomic mass is 19.1. The van der Waals surface area contributed by atoms with Crippen molar-refractivity contribution in [2.24, 2.45) is 5.41 Å². The van der Waals surface area contributed by atoms with Crippen LogP contribution >= 0.6 is 0 Å². The minimum Gasteiger partial charge on any atom is -0.396 e. The van der Waals surface area contributed by atoms with Crippen molar-refractivity contribution in [1.82, 2.24) is 10.1 Å². The molecular weight excluding hydrogens is 273 g/mol. The molecule has 2 aromatic rings. The standard InChI is InChI=1S/C15H20FN3O2/c1-5-20-12(15(2,3)4)13-18-14(21-19-13)9-6-7-10(16)11(17)8-9/h6-8,12H,5,17H2,1-4H3. The Labute approximate surface area is 123 Å². The molecule has 0 amide bonds. The molecule has 2 rings (SSSR count). The number of nitrogens with zero attached hydrogens (tertiary/aromatic N) is 2. The maximum absolute atomic E-state index is 13.2. The molecule has 0 saturated carbocycles. The number of rotatable bonds is 4. The van der Waals surface area contributed by atoms with Crippen molar-refractivity contribution in [3.8, 4) is 11.5 Å². The molecule has 2 N–H and O–H groups in total. The smallest absolute Gasteiger partial charge is 0.258 e. The van der Waals surface area contributed by atoms with Crippen LogP contribution in [0, 0.1) is 11.2 Å². The average Bonchev–Trinajstić information content (AvgIpc) is 2.87. The van der Waals surface area contributed by atoms with Gasteiger partial charge < -0.3 is 15.0 Å². The van der Waals surface area contributed by atoms with Gasteiger partial charge in [0.05, 0.1) is 5.69 Å². The Morgan fingerprint density at radius 1 is 1.38 bits per heavy atom. The van der Waals surface area contributed by atoms with Gasteiger partial charge in [-0.3, -0.25) is 0 Å². The number of anilines is 1. The van der Waals surface area contributed by atoms with Crippen LogP contribution in [0.15, 0.2) is 22.7 Å². The van der Waals surface area contributed by atoms with E-state index in [9.17, 15) is 4.39 Å². The lowest BCUT2D eigenvalue weighted by molar-refractivity contribution is -0.0203. The van der Waals surface area contributed by atoms with Gasteiger partial charge in [0, 0.05) is 12.2 Å². The lowest BCUT2D eigenvalue weighted by Gasteiger charge is -2.27. The van der Waals surface area contributed by atoms with Gasteiger partial charge in [-0.2, -0.15) is 4.98 Å². The summed E-state index contributed by atoms with van der Waals surface area (Å²) in [7, 11) is 0. The minimum absolute atomic E-state index is 0.0458. The maximum Gasteiger partial charge on any atom is 0.258 e. The van der Waals surface area contributed by atoms with Crippen LogP contribution < -0.4 is 5.73 Å². The van der Waals surface area contributed by atoms with Crippen LogP contribution in [0.3, 0.4) is 0 Å². The van der Waals surface area contributed by atoms with Crippen molar-refractivity contribution in [1.29, 1.82) is 0 Å². The molecule has 1 aromatic carbocycles. The van der Waals surface area contributed by atoms with Gasteiger partial charge in [0.2, 0.25) is 5.82 Å². The van der Waals surface area contributed by atoms with Crippen molar-refractivity contribution in [2.45, 2.75) is 33.8 Å². The molecule has 0 aliphatic rings. The van der Waals surface area contributed by atoms with Crippen LogP contribution in [-0.2, 0) is 4.74 Å². The summed E-state index contributed by atoms with van der Waals surface area (Å²) in [6, 6.07) is 4.30. The number of aromatic nitrogens is 2. The topological polar surface area (TPSA) is 74.2 Å². The summed E-state index contributed by atoms with van der Waals surface area (Å²) < 4.78 is 24.2. The minimum atomic E-state index is -0.472. The summed E-state index contributed by atoms with van der Waals surface area (Å²) in [6.45, 7) is 8.59. The summed E-state index contributed by atoms with van der Waals surface area (Å²) in [6.07, 6.45) is -0.280. The number of halogens is 1. The highest BCUT2D eigenvalue weighted by Crippen LogP contribution is 2.35. The monoisotopic (exact) mass is 293 g/mol. The van der Waals surface area contributed by atoms with Crippen LogP contribution in [0.5, 0.6) is 0 Å². The Bertz CT molecular complexity index is 620. The van der Waals surface area contributed by atoms with E-state index < -0.39 is 5.82 Å². The lowest BCUT2D eigenvalue weighted by Crippen LogP contribution is -2.22. The van der Waals surface area contributed by atoms with Gasteiger partial charge in [-0.25, -0.2) is 4.39 Å². The predicted molar refractivity (Wildman–Crippen MR) is 77.9 cm³/mol. The lowest BCUT2D eigenvalue weighted by atomic mass is 9.88. The Kier molecular flexibility index (Phi) is 4.27. The average molecular weight is 293 g/mol. The molecule has 1 aromatic heterocycles. The van der Waals surface area contributed by atoms with Crippen molar-refractivity contribution in [3.05, 3.63) is 29.8 Å². The third-order valence-corrected chi connectivity index (χ3v) is 3.04. The zero-order chi connectivity index (χ0) is 15.6. The van der Waals surface area contributed by atoms with E-state index in [-0.39, 0.29) is 17.2 Å². The highest BCUT2D eigenvalue weighted by molar-refractivity contribution is 5.60. The zero-order valence-corrected chi connectivity index (χ0v) is 12.7. The molecule has 1 atom stereocenters. The molecule has 1 unspecified atom stereocenters. The molecule has 0 saturated heterocycles. The molecule has 114 valence electrons. The Balaban J connectivity index is 2.33. The number of nitrogens with two attached hydrogens (primary N) is 1. The first-order valence-electron chi connectivity index (χ1n) is 6.83. The summed E-state index contributed by atoms with van der Waals surface area (Å²) in [5.41, 5.74) is 6.01. The number of ether oxygens (including phenoxy) is 1. The number of hydrogen-bond acceptors (Lipinski definition) is 5. The van der Waals surface area contributed by atoms with Gasteiger partial charge in [0.25, 0.3) is 5.89 Å². The van der Waals surface area contributed by atoms with E-state index in [1.54, 1.807) is 6.07 Å². The van der Waals surface area contributed by atoms with E-state index in [4.69, 9.17) is 15.0 Å². The van der Waals surface area contributed by atoms with Gasteiger partial charge in [-0.1, -0.05) is 25.9 Å². The first-order chi connectivity index (χ1) is 9.82. The van der Waals surface area contributed by atoms with Crippen LogP contribution in [0.1, 0.15) is 39.6 Å². The van der Waals surface area contributed by atoms with Crippen LogP contribution in [-0.4, -0.2) is 16.7 Å². The fourth-order valence-corrected chi connectivity index (χ4v) is 2.01. The molecule has 0 aliphatic carbocycles. The van der Waals surface area contributed by atoms with Gasteiger partial charge in [0.15, 0.2) is 0 Å². The van der Waals surface area contributed by atoms with E-state index in [0.717, 1.165) is 0 Å². The van der Waals surface area contributed by atoms with E-state index in [0.29, 0.717) is 23.9 Å². The Morgan fingerprint density at radius 2 is 2.10 bits per heavy atom. The first kappa shape index (κ1) is 15.4. The fourth-order valence-electron chi connectivity index (χ4n) is 2.01. The van der Waals surface area contributed by atoms with E-state index >= 15 is 0 Å². The van der Waals surface area contributed by atoms with Crippen LogP contribution in [0.25, 0.3) is 11.5 Å². The van der Waals surface area contributed by atoms with Gasteiger partial charge in [-0.15, -0.1) is 0 Å². The van der Waals surface area contributed by atoms with Crippen LogP contribution in [0.2, 0.25) is 0 Å². The van der Waals surface area contributed by atoms with Crippen molar-refractivity contribution < 1.29 is 13.7 Å². The molecule has 0 radical (unpaired) electrons. The number of nitrogen functional groups attached to an aromatic ring is 1. The third-order valence-electron chi connectivity index (χ3n) is 3.04. The van der Waals surface area contributed by atoms with Gasteiger partial charge >= 0.3 is 0 Å². The molecule has 1 heterocycles. The number of benzene rings is 1. The second kappa shape index (κ2) is 5.81. The Morgan fingerprint density at radius 3 is 2.67 bits per heavy atom. The summed E-state index contributed by atoms with van der Waals surface area (Å²) in [5.74, 6) is 0.299. The zero-order valence-electron chi connectivity index (χ0n) is 12.7. The second-order valence-corrected chi connectivity index (χ2v) is 5.90. The number of hydrogen-bond donors (Lipinski definition) is 1.